The minimum atomic E-state index is 1.02. The van der Waals surface area contributed by atoms with Gasteiger partial charge in [-0.25, -0.2) is 9.97 Å². The average Bonchev–Trinajstić information content (AvgIpc) is 3.00. The molecule has 1 aliphatic rings. The largest absolute Gasteiger partial charge is 0.353 e. The molecule has 1 fully saturated rings. The quantitative estimate of drug-likeness (QED) is 0.723. The van der Waals surface area contributed by atoms with Gasteiger partial charge in [0.1, 0.15) is 17.0 Å². The molecule has 0 unspecified atom stereocenters. The number of likely N-dealkylation sites (N-methyl/N-ethyl adjacent to an activating group) is 1. The maximum atomic E-state index is 4.63. The number of nitrogens with zero attached hydrogens (tertiary/aromatic N) is 4. The molecule has 4 rings (SSSR count). The highest BCUT2D eigenvalue weighted by Crippen LogP contribution is 2.38. The summed E-state index contributed by atoms with van der Waals surface area (Å²) >= 11 is 1.70. The summed E-state index contributed by atoms with van der Waals surface area (Å²) in [6, 6.07) is 8.71. The van der Waals surface area contributed by atoms with Crippen LogP contribution in [0, 0.1) is 6.92 Å². The van der Waals surface area contributed by atoms with Crippen molar-refractivity contribution in [3.05, 3.63) is 41.5 Å². The Labute approximate surface area is 140 Å². The summed E-state index contributed by atoms with van der Waals surface area (Å²) in [5.41, 5.74) is 3.77. The summed E-state index contributed by atoms with van der Waals surface area (Å²) in [5, 5.41) is 3.41. The van der Waals surface area contributed by atoms with E-state index >= 15 is 0 Å². The lowest BCUT2D eigenvalue weighted by molar-refractivity contribution is 0.312. The molecule has 2 aromatic heterocycles. The van der Waals surface area contributed by atoms with Gasteiger partial charge in [-0.05, 0) is 19.5 Å². The molecule has 0 saturated carbocycles. The normalized spacial score (nSPS) is 16.2. The van der Waals surface area contributed by atoms with Gasteiger partial charge < -0.3 is 9.80 Å². The van der Waals surface area contributed by atoms with Crippen LogP contribution in [-0.2, 0) is 0 Å². The number of rotatable bonds is 2. The highest BCUT2D eigenvalue weighted by Gasteiger charge is 2.20. The maximum Gasteiger partial charge on any atom is 0.141 e. The third-order valence-corrected chi connectivity index (χ3v) is 5.40. The number of thiophene rings is 1. The summed E-state index contributed by atoms with van der Waals surface area (Å²) in [6.07, 6.45) is 1.70. The molecule has 0 atom stereocenters. The highest BCUT2D eigenvalue weighted by atomic mass is 32.1. The zero-order valence-electron chi connectivity index (χ0n) is 13.5. The van der Waals surface area contributed by atoms with Gasteiger partial charge in [0.05, 0.1) is 5.39 Å². The Morgan fingerprint density at radius 1 is 1.00 bits per heavy atom. The van der Waals surface area contributed by atoms with E-state index in [0.717, 1.165) is 36.8 Å². The number of piperazine rings is 1. The molecular weight excluding hydrogens is 304 g/mol. The molecule has 1 saturated heterocycles. The van der Waals surface area contributed by atoms with Gasteiger partial charge in [0.15, 0.2) is 0 Å². The lowest BCUT2D eigenvalue weighted by Crippen LogP contribution is -2.44. The zero-order chi connectivity index (χ0) is 15.8. The van der Waals surface area contributed by atoms with Gasteiger partial charge in [-0.1, -0.05) is 29.8 Å². The lowest BCUT2D eigenvalue weighted by atomic mass is 10.0. The van der Waals surface area contributed by atoms with Crippen LogP contribution in [0.5, 0.6) is 0 Å². The fourth-order valence-electron chi connectivity index (χ4n) is 3.06. The first kappa shape index (κ1) is 14.6. The molecule has 0 spiro atoms. The third kappa shape index (κ3) is 2.71. The van der Waals surface area contributed by atoms with Crippen molar-refractivity contribution >= 4 is 27.4 Å². The smallest absolute Gasteiger partial charge is 0.141 e. The second-order valence-electron chi connectivity index (χ2n) is 6.18. The Balaban J connectivity index is 1.82. The van der Waals surface area contributed by atoms with Crippen LogP contribution in [-0.4, -0.2) is 48.1 Å². The van der Waals surface area contributed by atoms with E-state index in [2.05, 4.69) is 63.4 Å². The van der Waals surface area contributed by atoms with E-state index in [9.17, 15) is 0 Å². The van der Waals surface area contributed by atoms with Crippen molar-refractivity contribution < 1.29 is 0 Å². The summed E-state index contributed by atoms with van der Waals surface area (Å²) < 4.78 is 0. The molecule has 5 heteroatoms. The van der Waals surface area contributed by atoms with Crippen LogP contribution < -0.4 is 4.90 Å². The minimum absolute atomic E-state index is 1.02. The number of fused-ring (bicyclic) bond motifs is 1. The van der Waals surface area contributed by atoms with E-state index in [-0.39, 0.29) is 0 Å². The number of hydrogen-bond donors (Lipinski definition) is 0. The van der Waals surface area contributed by atoms with E-state index in [0.29, 0.717) is 0 Å². The number of aryl methyl sites for hydroxylation is 1. The van der Waals surface area contributed by atoms with Gasteiger partial charge in [0.25, 0.3) is 0 Å². The maximum absolute atomic E-state index is 4.63. The fourth-order valence-corrected chi connectivity index (χ4v) is 3.97. The Morgan fingerprint density at radius 2 is 1.74 bits per heavy atom. The van der Waals surface area contributed by atoms with Crippen LogP contribution in [0.3, 0.4) is 0 Å². The molecule has 4 nitrogen and oxygen atoms in total. The standard InChI is InChI=1S/C18H20N4S/c1-13-3-5-14(6-4-13)15-11-23-18-16(15)17(19-12-20-18)22-9-7-21(2)8-10-22/h3-6,11-12H,7-10H2,1-2H3. The van der Waals surface area contributed by atoms with Gasteiger partial charge in [0.2, 0.25) is 0 Å². The molecular formula is C18H20N4S. The topological polar surface area (TPSA) is 32.3 Å². The molecule has 0 bridgehead atoms. The van der Waals surface area contributed by atoms with E-state index < -0.39 is 0 Å². The molecule has 3 aromatic rings. The Morgan fingerprint density at radius 3 is 2.48 bits per heavy atom. The molecule has 118 valence electrons. The summed E-state index contributed by atoms with van der Waals surface area (Å²) in [4.78, 5) is 15.0. The van der Waals surface area contributed by atoms with Gasteiger partial charge in [-0.3, -0.25) is 0 Å². The second-order valence-corrected chi connectivity index (χ2v) is 7.04. The van der Waals surface area contributed by atoms with Crippen LogP contribution in [0.25, 0.3) is 21.3 Å². The van der Waals surface area contributed by atoms with Crippen molar-refractivity contribution in [2.45, 2.75) is 6.92 Å². The number of anilines is 1. The Kier molecular flexibility index (Phi) is 3.75. The van der Waals surface area contributed by atoms with Gasteiger partial charge in [0, 0.05) is 37.1 Å². The van der Waals surface area contributed by atoms with Crippen LogP contribution in [0.4, 0.5) is 5.82 Å². The number of hydrogen-bond acceptors (Lipinski definition) is 5. The number of benzene rings is 1. The predicted octanol–water partition coefficient (Wildman–Crippen LogP) is 3.42. The predicted molar refractivity (Wildman–Crippen MR) is 97.3 cm³/mol. The molecule has 23 heavy (non-hydrogen) atoms. The number of aromatic nitrogens is 2. The van der Waals surface area contributed by atoms with E-state index in [1.54, 1.807) is 17.7 Å². The van der Waals surface area contributed by atoms with Gasteiger partial charge in [-0.15, -0.1) is 11.3 Å². The van der Waals surface area contributed by atoms with Crippen LogP contribution in [0.1, 0.15) is 5.56 Å². The summed E-state index contributed by atoms with van der Waals surface area (Å²) in [7, 11) is 2.18. The molecule has 0 radical (unpaired) electrons. The monoisotopic (exact) mass is 324 g/mol. The third-order valence-electron chi connectivity index (χ3n) is 4.52. The van der Waals surface area contributed by atoms with E-state index in [1.807, 2.05) is 0 Å². The molecule has 0 N–H and O–H groups in total. The van der Waals surface area contributed by atoms with Crippen LogP contribution in [0.2, 0.25) is 0 Å². The summed E-state index contributed by atoms with van der Waals surface area (Å²) in [5.74, 6) is 1.08. The van der Waals surface area contributed by atoms with Crippen LogP contribution >= 0.6 is 11.3 Å². The van der Waals surface area contributed by atoms with Gasteiger partial charge in [-0.2, -0.15) is 0 Å². The van der Waals surface area contributed by atoms with Crippen molar-refractivity contribution in [1.29, 1.82) is 0 Å². The van der Waals surface area contributed by atoms with Crippen LogP contribution in [0.15, 0.2) is 36.0 Å². The lowest BCUT2D eigenvalue weighted by Gasteiger charge is -2.33. The minimum Gasteiger partial charge on any atom is -0.353 e. The summed E-state index contributed by atoms with van der Waals surface area (Å²) in [6.45, 7) is 6.32. The van der Waals surface area contributed by atoms with Crippen molar-refractivity contribution in [2.24, 2.45) is 0 Å². The van der Waals surface area contributed by atoms with Crippen molar-refractivity contribution in [3.63, 3.8) is 0 Å². The first-order valence-corrected chi connectivity index (χ1v) is 8.83. The van der Waals surface area contributed by atoms with E-state index in [4.69, 9.17) is 0 Å². The molecule has 1 aliphatic heterocycles. The first-order chi connectivity index (χ1) is 11.2. The Bertz CT molecular complexity index is 817. The fraction of sp³-hybridized carbons (Fsp3) is 0.333. The Hall–Kier alpha value is -1.98. The first-order valence-electron chi connectivity index (χ1n) is 7.95. The second kappa shape index (κ2) is 5.91. The highest BCUT2D eigenvalue weighted by molar-refractivity contribution is 7.17. The molecule has 1 aromatic carbocycles. The zero-order valence-corrected chi connectivity index (χ0v) is 14.3. The van der Waals surface area contributed by atoms with Crippen molar-refractivity contribution in [2.75, 3.05) is 38.1 Å². The molecule has 0 aliphatic carbocycles. The SMILES string of the molecule is Cc1ccc(-c2csc3ncnc(N4CCN(C)CC4)c23)cc1. The molecule has 0 amide bonds. The average molecular weight is 324 g/mol. The van der Waals surface area contributed by atoms with E-state index in [1.165, 1.54) is 22.1 Å². The van der Waals surface area contributed by atoms with Gasteiger partial charge >= 0.3 is 0 Å². The molecule has 3 heterocycles. The van der Waals surface area contributed by atoms with Crippen molar-refractivity contribution in [3.8, 4) is 11.1 Å². The van der Waals surface area contributed by atoms with Crippen molar-refractivity contribution in [1.82, 2.24) is 14.9 Å².